The van der Waals surface area contributed by atoms with E-state index in [4.69, 9.17) is 0 Å². The van der Waals surface area contributed by atoms with Crippen LogP contribution >= 0.6 is 0 Å². The maximum atomic E-state index is 12.8. The highest BCUT2D eigenvalue weighted by Crippen LogP contribution is 2.32. The number of carbonyl (C=O) groups excluding carboxylic acids is 3. The zero-order valence-corrected chi connectivity index (χ0v) is 13.0. The number of carboxylic acid groups (broad SMARTS) is 1. The number of rotatable bonds is 3. The highest BCUT2D eigenvalue weighted by molar-refractivity contribution is 6.22. The van der Waals surface area contributed by atoms with Crippen LogP contribution in [0.15, 0.2) is 54.9 Å². The van der Waals surface area contributed by atoms with Gasteiger partial charge < -0.3 is 14.5 Å². The molecule has 2 heterocycles. The average Bonchev–Trinajstić information content (AvgIpc) is 3.15. The number of benzene rings is 2. The standard InChI is InChI=1S/C18H13N3O4/c22-16-9-15(20-10-19-13-6-1-2-7-14(13)20)17(23)21(16)12-5-3-4-11(8-12)18(24)25/h1-8,10,15H,9H2,(H,24,25)/p-1/t15-/m0/s1. The molecule has 0 spiro atoms. The van der Waals surface area contributed by atoms with Gasteiger partial charge in [-0.1, -0.05) is 24.3 Å². The minimum atomic E-state index is -1.36. The van der Waals surface area contributed by atoms with E-state index in [0.29, 0.717) is 0 Å². The number of imide groups is 1. The number of aromatic carboxylic acids is 1. The maximum absolute atomic E-state index is 12.8. The fraction of sp³-hybridized carbons (Fsp3) is 0.111. The van der Waals surface area contributed by atoms with Crippen LogP contribution in [-0.2, 0) is 9.59 Å². The van der Waals surface area contributed by atoms with Crippen molar-refractivity contribution in [1.29, 1.82) is 0 Å². The number of aromatic nitrogens is 2. The number of anilines is 1. The van der Waals surface area contributed by atoms with Crippen LogP contribution in [0.4, 0.5) is 5.69 Å². The third-order valence-electron chi connectivity index (χ3n) is 4.28. The molecule has 1 aliphatic rings. The number of carbonyl (C=O) groups is 3. The van der Waals surface area contributed by atoms with Crippen molar-refractivity contribution in [2.24, 2.45) is 0 Å². The maximum Gasteiger partial charge on any atom is 0.257 e. The molecule has 1 saturated heterocycles. The van der Waals surface area contributed by atoms with E-state index in [2.05, 4.69) is 4.98 Å². The van der Waals surface area contributed by atoms with E-state index in [-0.39, 0.29) is 23.6 Å². The van der Waals surface area contributed by atoms with Gasteiger partial charge in [0.15, 0.2) is 0 Å². The number of hydrogen-bond donors (Lipinski definition) is 0. The molecule has 0 N–H and O–H groups in total. The lowest BCUT2D eigenvalue weighted by molar-refractivity contribution is -0.255. The second kappa shape index (κ2) is 5.55. The van der Waals surface area contributed by atoms with E-state index >= 15 is 0 Å². The lowest BCUT2D eigenvalue weighted by Crippen LogP contribution is -2.31. The predicted molar refractivity (Wildman–Crippen MR) is 86.7 cm³/mol. The Morgan fingerprint density at radius 3 is 2.72 bits per heavy atom. The molecule has 0 aliphatic carbocycles. The number of amides is 2. The average molecular weight is 334 g/mol. The van der Waals surface area contributed by atoms with Gasteiger partial charge in [0.2, 0.25) is 5.91 Å². The second-order valence-corrected chi connectivity index (χ2v) is 5.77. The van der Waals surface area contributed by atoms with Crippen LogP contribution in [-0.4, -0.2) is 27.3 Å². The third-order valence-corrected chi connectivity index (χ3v) is 4.28. The summed E-state index contributed by atoms with van der Waals surface area (Å²) in [6, 6.07) is 12.3. The summed E-state index contributed by atoms with van der Waals surface area (Å²) in [6.45, 7) is 0. The first-order chi connectivity index (χ1) is 12.1. The molecule has 2 aromatic carbocycles. The molecule has 7 nitrogen and oxygen atoms in total. The Labute approximate surface area is 142 Å². The van der Waals surface area contributed by atoms with Crippen molar-refractivity contribution in [3.8, 4) is 0 Å². The zero-order chi connectivity index (χ0) is 17.6. The SMILES string of the molecule is O=C([O-])c1cccc(N2C(=O)C[C@H](n3cnc4ccccc43)C2=O)c1. The van der Waals surface area contributed by atoms with Crippen LogP contribution in [0.2, 0.25) is 0 Å². The van der Waals surface area contributed by atoms with Crippen LogP contribution in [0.1, 0.15) is 22.8 Å². The van der Waals surface area contributed by atoms with Crippen molar-refractivity contribution in [3.05, 3.63) is 60.4 Å². The number of para-hydroxylation sites is 2. The lowest BCUT2D eigenvalue weighted by Gasteiger charge is -2.17. The monoisotopic (exact) mass is 334 g/mol. The summed E-state index contributed by atoms with van der Waals surface area (Å²) in [4.78, 5) is 41.5. The minimum Gasteiger partial charge on any atom is -0.545 e. The van der Waals surface area contributed by atoms with Gasteiger partial charge in [-0.3, -0.25) is 9.59 Å². The zero-order valence-electron chi connectivity index (χ0n) is 13.0. The van der Waals surface area contributed by atoms with Crippen LogP contribution in [0, 0.1) is 0 Å². The first-order valence-corrected chi connectivity index (χ1v) is 7.66. The molecule has 1 aliphatic heterocycles. The summed E-state index contributed by atoms with van der Waals surface area (Å²) in [5.41, 5.74) is 1.64. The topological polar surface area (TPSA) is 95.3 Å². The molecule has 25 heavy (non-hydrogen) atoms. The van der Waals surface area contributed by atoms with Gasteiger partial charge in [-0.15, -0.1) is 0 Å². The second-order valence-electron chi connectivity index (χ2n) is 5.77. The third kappa shape index (κ3) is 2.37. The Balaban J connectivity index is 1.73. The molecule has 4 rings (SSSR count). The van der Waals surface area contributed by atoms with Crippen LogP contribution in [0.25, 0.3) is 11.0 Å². The van der Waals surface area contributed by atoms with E-state index in [1.165, 1.54) is 24.3 Å². The fourth-order valence-electron chi connectivity index (χ4n) is 3.10. The van der Waals surface area contributed by atoms with Crippen LogP contribution in [0.5, 0.6) is 0 Å². The van der Waals surface area contributed by atoms with Crippen molar-refractivity contribution in [2.75, 3.05) is 4.90 Å². The number of imidazole rings is 1. The lowest BCUT2D eigenvalue weighted by atomic mass is 10.2. The summed E-state index contributed by atoms with van der Waals surface area (Å²) >= 11 is 0. The summed E-state index contributed by atoms with van der Waals surface area (Å²) in [5.74, 6) is -2.16. The highest BCUT2D eigenvalue weighted by Gasteiger charge is 2.41. The molecule has 0 bridgehead atoms. The quantitative estimate of drug-likeness (QED) is 0.663. The van der Waals surface area contributed by atoms with Crippen LogP contribution in [0.3, 0.4) is 0 Å². The Hall–Kier alpha value is -3.48. The van der Waals surface area contributed by atoms with E-state index in [1.807, 2.05) is 24.3 Å². The van der Waals surface area contributed by atoms with Crippen LogP contribution < -0.4 is 10.0 Å². The van der Waals surface area contributed by atoms with Gasteiger partial charge in [0, 0.05) is 0 Å². The van der Waals surface area contributed by atoms with Crippen molar-refractivity contribution in [1.82, 2.24) is 9.55 Å². The molecule has 0 saturated carbocycles. The van der Waals surface area contributed by atoms with Gasteiger partial charge in [-0.05, 0) is 29.8 Å². The largest absolute Gasteiger partial charge is 0.545 e. The number of nitrogens with zero attached hydrogens (tertiary/aromatic N) is 3. The normalized spacial score (nSPS) is 17.4. The molecule has 1 fully saturated rings. The van der Waals surface area contributed by atoms with Gasteiger partial charge in [0.1, 0.15) is 6.04 Å². The smallest absolute Gasteiger partial charge is 0.257 e. The van der Waals surface area contributed by atoms with Gasteiger partial charge in [-0.2, -0.15) is 0 Å². The summed E-state index contributed by atoms with van der Waals surface area (Å²) in [6.07, 6.45) is 1.54. The van der Waals surface area contributed by atoms with E-state index in [9.17, 15) is 19.5 Å². The minimum absolute atomic E-state index is 0.00522. The number of carboxylic acids is 1. The molecular weight excluding hydrogens is 322 g/mol. The number of hydrogen-bond acceptors (Lipinski definition) is 5. The molecular formula is C18H12N3O4-. The van der Waals surface area contributed by atoms with Gasteiger partial charge in [0.05, 0.1) is 35.4 Å². The first kappa shape index (κ1) is 15.1. The van der Waals surface area contributed by atoms with Gasteiger partial charge >= 0.3 is 0 Å². The fourth-order valence-corrected chi connectivity index (χ4v) is 3.10. The Morgan fingerprint density at radius 1 is 1.12 bits per heavy atom. The Kier molecular flexibility index (Phi) is 3.35. The van der Waals surface area contributed by atoms with Crippen molar-refractivity contribution >= 4 is 34.5 Å². The van der Waals surface area contributed by atoms with Crippen molar-refractivity contribution in [3.63, 3.8) is 0 Å². The summed E-state index contributed by atoms with van der Waals surface area (Å²) in [7, 11) is 0. The van der Waals surface area contributed by atoms with Gasteiger partial charge in [-0.25, -0.2) is 9.88 Å². The first-order valence-electron chi connectivity index (χ1n) is 7.66. The molecule has 3 aromatic rings. The molecule has 1 atom stereocenters. The summed E-state index contributed by atoms with van der Waals surface area (Å²) < 4.78 is 1.68. The molecule has 0 unspecified atom stereocenters. The van der Waals surface area contributed by atoms with Gasteiger partial charge in [0.25, 0.3) is 5.91 Å². The van der Waals surface area contributed by atoms with E-state index in [1.54, 1.807) is 10.9 Å². The molecule has 1 aromatic heterocycles. The van der Waals surface area contributed by atoms with Crippen molar-refractivity contribution in [2.45, 2.75) is 12.5 Å². The Morgan fingerprint density at radius 2 is 1.92 bits per heavy atom. The predicted octanol–water partition coefficient (Wildman–Crippen LogP) is 0.904. The molecule has 2 amide bonds. The van der Waals surface area contributed by atoms with E-state index < -0.39 is 17.9 Å². The Bertz CT molecular complexity index is 1020. The van der Waals surface area contributed by atoms with Crippen molar-refractivity contribution < 1.29 is 19.5 Å². The molecule has 0 radical (unpaired) electrons. The molecule has 124 valence electrons. The summed E-state index contributed by atoms with van der Waals surface area (Å²) in [5, 5.41) is 11.0. The number of fused-ring (bicyclic) bond motifs is 1. The molecule has 7 heteroatoms. The van der Waals surface area contributed by atoms with E-state index in [0.717, 1.165) is 15.9 Å². The highest BCUT2D eigenvalue weighted by atomic mass is 16.4.